The van der Waals surface area contributed by atoms with Gasteiger partial charge in [0.2, 0.25) is 0 Å². The van der Waals surface area contributed by atoms with Crippen molar-refractivity contribution < 1.29 is 9.90 Å². The van der Waals surface area contributed by atoms with Crippen molar-refractivity contribution in [2.24, 2.45) is 0 Å². The van der Waals surface area contributed by atoms with Crippen LogP contribution in [0.2, 0.25) is 0 Å². The Kier molecular flexibility index (Phi) is 3.67. The van der Waals surface area contributed by atoms with Crippen molar-refractivity contribution in [1.82, 2.24) is 13.6 Å². The minimum absolute atomic E-state index is 0.378. The van der Waals surface area contributed by atoms with Crippen molar-refractivity contribution in [2.45, 2.75) is 44.8 Å². The van der Waals surface area contributed by atoms with E-state index in [1.54, 1.807) is 6.92 Å². The molecule has 0 amide bonds. The van der Waals surface area contributed by atoms with Gasteiger partial charge in [0.1, 0.15) is 17.1 Å². The molecular weight excluding hydrogens is 274 g/mol. The molecule has 1 atom stereocenters. The quantitative estimate of drug-likeness (QED) is 0.917. The minimum atomic E-state index is -0.763. The topological polar surface area (TPSA) is 66.3 Å². The maximum atomic E-state index is 11.3. The number of rotatable bonds is 5. The maximum absolute atomic E-state index is 11.3. The first-order valence-corrected chi connectivity index (χ1v) is 7.58. The molecule has 1 saturated carbocycles. The lowest BCUT2D eigenvalue weighted by molar-refractivity contribution is -0.144. The first kappa shape index (κ1) is 13.5. The monoisotopic (exact) mass is 291 g/mol. The summed E-state index contributed by atoms with van der Waals surface area (Å²) in [6.07, 6.45) is 3.36. The second kappa shape index (κ2) is 5.46. The van der Waals surface area contributed by atoms with Gasteiger partial charge in [-0.25, -0.2) is 0 Å². The van der Waals surface area contributed by atoms with Crippen LogP contribution in [0.5, 0.6) is 0 Å². The summed E-state index contributed by atoms with van der Waals surface area (Å²) in [5.74, 6) is -0.763. The Bertz CT molecular complexity index is 624. The molecule has 0 aliphatic heterocycles. The fraction of sp³-hybridized carbons (Fsp3) is 0.500. The van der Waals surface area contributed by atoms with E-state index in [1.165, 1.54) is 18.1 Å². The molecule has 2 aromatic rings. The van der Waals surface area contributed by atoms with Gasteiger partial charge < -0.3 is 5.11 Å². The molecule has 5 nitrogen and oxygen atoms in total. The van der Waals surface area contributed by atoms with Gasteiger partial charge in [-0.05, 0) is 31.4 Å². The van der Waals surface area contributed by atoms with Crippen molar-refractivity contribution >= 4 is 28.7 Å². The maximum Gasteiger partial charge on any atom is 0.320 e. The van der Waals surface area contributed by atoms with Crippen molar-refractivity contribution in [2.75, 3.05) is 0 Å². The zero-order valence-corrected chi connectivity index (χ0v) is 12.1. The molecule has 0 bridgehead atoms. The fourth-order valence-corrected chi connectivity index (χ4v) is 3.20. The van der Waals surface area contributed by atoms with E-state index in [4.69, 9.17) is 0 Å². The molecule has 0 spiro atoms. The van der Waals surface area contributed by atoms with Crippen molar-refractivity contribution in [1.29, 1.82) is 0 Å². The zero-order valence-electron chi connectivity index (χ0n) is 11.3. The predicted molar refractivity (Wildman–Crippen MR) is 77.7 cm³/mol. The molecule has 20 heavy (non-hydrogen) atoms. The zero-order chi connectivity index (χ0) is 14.1. The molecule has 0 radical (unpaired) electrons. The summed E-state index contributed by atoms with van der Waals surface area (Å²) in [6, 6.07) is 5.83. The highest BCUT2D eigenvalue weighted by molar-refractivity contribution is 7.00. The van der Waals surface area contributed by atoms with Crippen LogP contribution < -0.4 is 0 Å². The highest BCUT2D eigenvalue weighted by atomic mass is 32.1. The summed E-state index contributed by atoms with van der Waals surface area (Å²) >= 11 is 1.20. The number of carboxylic acids is 1. The molecule has 1 aromatic carbocycles. The Morgan fingerprint density at radius 3 is 2.95 bits per heavy atom. The average Bonchev–Trinajstić information content (AvgIpc) is 2.84. The second-order valence-electron chi connectivity index (χ2n) is 5.32. The highest BCUT2D eigenvalue weighted by Crippen LogP contribution is 2.29. The van der Waals surface area contributed by atoms with Crippen LogP contribution in [0.4, 0.5) is 0 Å². The molecule has 1 heterocycles. The van der Waals surface area contributed by atoms with Crippen LogP contribution >= 0.6 is 11.7 Å². The summed E-state index contributed by atoms with van der Waals surface area (Å²) in [7, 11) is 0. The molecule has 106 valence electrons. The van der Waals surface area contributed by atoms with E-state index in [1.807, 2.05) is 18.2 Å². The standard InChI is InChI=1S/C14H17N3O2S/c1-9(14(18)19)17(11-5-3-6-11)8-10-4-2-7-12-13(10)16-20-15-12/h2,4,7,9,11H,3,5-6,8H2,1H3,(H,18,19). The number of nitrogens with zero attached hydrogens (tertiary/aromatic N) is 3. The molecule has 3 rings (SSSR count). The van der Waals surface area contributed by atoms with Gasteiger partial charge in [0.25, 0.3) is 0 Å². The van der Waals surface area contributed by atoms with E-state index in [-0.39, 0.29) is 0 Å². The van der Waals surface area contributed by atoms with Gasteiger partial charge in [-0.2, -0.15) is 8.75 Å². The number of aliphatic carboxylic acids is 1. The Morgan fingerprint density at radius 1 is 1.50 bits per heavy atom. The Labute approximate surface area is 121 Å². The normalized spacial score (nSPS) is 17.3. The van der Waals surface area contributed by atoms with E-state index >= 15 is 0 Å². The smallest absolute Gasteiger partial charge is 0.320 e. The van der Waals surface area contributed by atoms with Gasteiger partial charge in [0.15, 0.2) is 0 Å². The Hall–Kier alpha value is -1.53. The number of fused-ring (bicyclic) bond motifs is 1. The van der Waals surface area contributed by atoms with E-state index < -0.39 is 12.0 Å². The Balaban J connectivity index is 1.89. The van der Waals surface area contributed by atoms with Gasteiger partial charge >= 0.3 is 5.97 Å². The first-order valence-electron chi connectivity index (χ1n) is 6.85. The van der Waals surface area contributed by atoms with E-state index in [2.05, 4.69) is 13.6 Å². The molecule has 1 N–H and O–H groups in total. The lowest BCUT2D eigenvalue weighted by Gasteiger charge is -2.39. The third kappa shape index (κ3) is 2.41. The van der Waals surface area contributed by atoms with Crippen LogP contribution in [-0.4, -0.2) is 36.8 Å². The van der Waals surface area contributed by atoms with E-state index in [9.17, 15) is 9.90 Å². The van der Waals surface area contributed by atoms with Crippen LogP contribution in [0.25, 0.3) is 11.0 Å². The summed E-state index contributed by atoms with van der Waals surface area (Å²) in [4.78, 5) is 13.4. The summed E-state index contributed by atoms with van der Waals surface area (Å²) in [5, 5.41) is 9.30. The lowest BCUT2D eigenvalue weighted by atomic mass is 9.90. The van der Waals surface area contributed by atoms with Crippen molar-refractivity contribution in [3.05, 3.63) is 23.8 Å². The third-order valence-corrected chi connectivity index (χ3v) is 4.66. The summed E-state index contributed by atoms with van der Waals surface area (Å²) in [5.41, 5.74) is 2.86. The lowest BCUT2D eigenvalue weighted by Crippen LogP contribution is -2.48. The summed E-state index contributed by atoms with van der Waals surface area (Å²) < 4.78 is 8.58. The minimum Gasteiger partial charge on any atom is -0.480 e. The SMILES string of the molecule is CC(C(=O)O)N(Cc1cccc2nsnc12)C1CCC1. The van der Waals surface area contributed by atoms with Crippen LogP contribution in [0.15, 0.2) is 18.2 Å². The van der Waals surface area contributed by atoms with Gasteiger partial charge in [-0.3, -0.25) is 9.69 Å². The van der Waals surface area contributed by atoms with E-state index in [0.29, 0.717) is 12.6 Å². The Morgan fingerprint density at radius 2 is 2.30 bits per heavy atom. The number of carboxylic acid groups (broad SMARTS) is 1. The van der Waals surface area contributed by atoms with E-state index in [0.717, 1.165) is 29.4 Å². The molecule has 0 saturated heterocycles. The number of hydrogen-bond donors (Lipinski definition) is 1. The second-order valence-corrected chi connectivity index (χ2v) is 5.85. The molecule has 6 heteroatoms. The number of benzene rings is 1. The van der Waals surface area contributed by atoms with Gasteiger partial charge in [-0.15, -0.1) is 0 Å². The molecule has 1 aliphatic carbocycles. The largest absolute Gasteiger partial charge is 0.480 e. The third-order valence-electron chi connectivity index (χ3n) is 4.12. The average molecular weight is 291 g/mol. The van der Waals surface area contributed by atoms with Crippen LogP contribution in [-0.2, 0) is 11.3 Å². The fourth-order valence-electron chi connectivity index (χ4n) is 2.63. The first-order chi connectivity index (χ1) is 9.66. The highest BCUT2D eigenvalue weighted by Gasteiger charge is 2.32. The number of hydrogen-bond acceptors (Lipinski definition) is 5. The van der Waals surface area contributed by atoms with Gasteiger partial charge in [0, 0.05) is 12.6 Å². The van der Waals surface area contributed by atoms with Crippen molar-refractivity contribution in [3.63, 3.8) is 0 Å². The van der Waals surface area contributed by atoms with Gasteiger partial charge in [-0.1, -0.05) is 18.6 Å². The molecule has 1 unspecified atom stereocenters. The van der Waals surface area contributed by atoms with Crippen LogP contribution in [0, 0.1) is 0 Å². The van der Waals surface area contributed by atoms with Gasteiger partial charge in [0.05, 0.1) is 11.7 Å². The number of carbonyl (C=O) groups is 1. The summed E-state index contributed by atoms with van der Waals surface area (Å²) in [6.45, 7) is 2.39. The van der Waals surface area contributed by atoms with Crippen LogP contribution in [0.3, 0.4) is 0 Å². The molecule has 1 aliphatic rings. The molecular formula is C14H17N3O2S. The number of aromatic nitrogens is 2. The molecule has 1 fully saturated rings. The molecule has 1 aromatic heterocycles. The van der Waals surface area contributed by atoms with Crippen molar-refractivity contribution in [3.8, 4) is 0 Å². The van der Waals surface area contributed by atoms with Crippen LogP contribution in [0.1, 0.15) is 31.7 Å². The predicted octanol–water partition coefficient (Wildman–Crippen LogP) is 2.52.